The summed E-state index contributed by atoms with van der Waals surface area (Å²) >= 11 is 0. The number of aldehydes is 1. The first-order valence-corrected chi connectivity index (χ1v) is 20.2. The van der Waals surface area contributed by atoms with Crippen molar-refractivity contribution in [2.45, 2.75) is 119 Å². The zero-order valence-corrected chi connectivity index (χ0v) is 36.7. The Balaban J connectivity index is 0.00000794. The summed E-state index contributed by atoms with van der Waals surface area (Å²) in [6.45, 7) is 14.2. The maximum absolute atomic E-state index is 12.8. The third kappa shape index (κ3) is 11.4. The van der Waals surface area contributed by atoms with Crippen molar-refractivity contribution in [3.63, 3.8) is 0 Å². The Morgan fingerprint density at radius 1 is 0.733 bits per heavy atom. The van der Waals surface area contributed by atoms with Crippen LogP contribution in [0.15, 0.2) is 59.2 Å². The molecule has 0 saturated carbocycles. The molecule has 2 aliphatic heterocycles. The molecule has 0 spiro atoms. The number of fused-ring (bicyclic) bond motifs is 8. The first kappa shape index (κ1) is 47.2. The summed E-state index contributed by atoms with van der Waals surface area (Å²) in [6.07, 6.45) is 17.6. The van der Waals surface area contributed by atoms with Gasteiger partial charge in [0, 0.05) is 29.5 Å². The van der Waals surface area contributed by atoms with Crippen LogP contribution in [0.1, 0.15) is 149 Å². The van der Waals surface area contributed by atoms with E-state index in [0.717, 1.165) is 36.8 Å². The summed E-state index contributed by atoms with van der Waals surface area (Å²) in [4.78, 5) is 55.9. The molecule has 0 radical (unpaired) electrons. The maximum atomic E-state index is 12.8. The van der Waals surface area contributed by atoms with Crippen molar-refractivity contribution in [1.82, 2.24) is 19.9 Å². The number of aliphatic hydroxyl groups excluding tert-OH is 1. The zero-order valence-electron chi connectivity index (χ0n) is 35.6. The molecule has 314 valence electrons. The van der Waals surface area contributed by atoms with Gasteiger partial charge in [-0.05, 0) is 123 Å². The van der Waals surface area contributed by atoms with Crippen LogP contribution in [0.5, 0.6) is 0 Å². The SMILES string of the molecule is C#Cc1c(C)c2cc3nc(cc4[n-]c(cc5nc(cc1[n-]2)C(C)=C5CCC(=O)O)c(CCC(=O)O)c4C=O)C(C)=C3[C@@H](O)CC/C=C(/C)CC/C=C(\C)CCC=C(C)C.[Fe+2]. The van der Waals surface area contributed by atoms with Gasteiger partial charge in [0.15, 0.2) is 0 Å². The van der Waals surface area contributed by atoms with Crippen LogP contribution >= 0.6 is 0 Å². The monoisotopic (exact) mass is 850 g/mol. The Kier molecular flexibility index (Phi) is 16.6. The smallest absolute Gasteiger partial charge is 0.657 e. The molecule has 60 heavy (non-hydrogen) atoms. The van der Waals surface area contributed by atoms with E-state index in [9.17, 15) is 29.7 Å². The number of hydrogen-bond donors (Lipinski definition) is 3. The number of carbonyl (C=O) groups excluding carboxylic acids is 1. The number of rotatable bonds is 17. The first-order chi connectivity index (χ1) is 28.1. The van der Waals surface area contributed by atoms with Gasteiger partial charge in [0.05, 0.1) is 28.9 Å². The number of nitrogens with zero attached hydrogens (tertiary/aromatic N) is 4. The summed E-state index contributed by atoms with van der Waals surface area (Å²) in [5, 5.41) is 31.0. The van der Waals surface area contributed by atoms with Crippen LogP contribution in [0.25, 0.3) is 44.4 Å². The molecule has 2 aliphatic rings. The van der Waals surface area contributed by atoms with Crippen LogP contribution in [0.3, 0.4) is 0 Å². The van der Waals surface area contributed by atoms with Crippen LogP contribution < -0.4 is 9.97 Å². The van der Waals surface area contributed by atoms with Crippen molar-refractivity contribution in [2.24, 2.45) is 0 Å². The van der Waals surface area contributed by atoms with Gasteiger partial charge < -0.3 is 25.3 Å². The Hall–Kier alpha value is -5.53. The minimum absolute atomic E-state index is 0. The van der Waals surface area contributed by atoms with Gasteiger partial charge in [-0.2, -0.15) is 0 Å². The van der Waals surface area contributed by atoms with E-state index in [1.807, 2.05) is 26.8 Å². The van der Waals surface area contributed by atoms with E-state index in [4.69, 9.17) is 26.4 Å². The van der Waals surface area contributed by atoms with E-state index in [2.05, 4.69) is 51.8 Å². The van der Waals surface area contributed by atoms with Crippen LogP contribution in [0.4, 0.5) is 0 Å². The molecular formula is C49H54FeN4O6. The average Bonchev–Trinajstić information content (AvgIpc) is 3.85. The number of carboxylic acid groups (broad SMARTS) is 2. The largest absolute Gasteiger partial charge is 2.00 e. The van der Waals surface area contributed by atoms with Gasteiger partial charge in [-0.1, -0.05) is 70.2 Å². The zero-order chi connectivity index (χ0) is 43.0. The fourth-order valence-corrected chi connectivity index (χ4v) is 7.62. The number of aromatic nitrogens is 4. The number of carbonyl (C=O) groups is 3. The van der Waals surface area contributed by atoms with Crippen molar-refractivity contribution in [2.75, 3.05) is 0 Å². The second-order valence-electron chi connectivity index (χ2n) is 15.7. The van der Waals surface area contributed by atoms with E-state index >= 15 is 0 Å². The molecule has 10 nitrogen and oxygen atoms in total. The first-order valence-electron chi connectivity index (χ1n) is 20.2. The van der Waals surface area contributed by atoms with Crippen molar-refractivity contribution < 1.29 is 46.8 Å². The molecule has 3 aromatic rings. The third-order valence-electron chi connectivity index (χ3n) is 11.0. The minimum atomic E-state index is -1.03. The number of terminal acetylenes is 1. The molecule has 0 aliphatic carbocycles. The van der Waals surface area contributed by atoms with E-state index in [-0.39, 0.29) is 48.3 Å². The third-order valence-corrected chi connectivity index (χ3v) is 11.0. The summed E-state index contributed by atoms with van der Waals surface area (Å²) < 4.78 is 0. The Morgan fingerprint density at radius 3 is 1.92 bits per heavy atom. The Morgan fingerprint density at radius 2 is 1.28 bits per heavy atom. The van der Waals surface area contributed by atoms with Gasteiger partial charge in [0.2, 0.25) is 0 Å². The topological polar surface area (TPSA) is 166 Å². The van der Waals surface area contributed by atoms with Gasteiger partial charge >= 0.3 is 29.0 Å². The molecule has 0 saturated heterocycles. The fourth-order valence-electron chi connectivity index (χ4n) is 7.62. The van der Waals surface area contributed by atoms with Crippen molar-refractivity contribution in [3.8, 4) is 12.3 Å². The van der Waals surface area contributed by atoms with Gasteiger partial charge in [0.25, 0.3) is 0 Å². The van der Waals surface area contributed by atoms with Gasteiger partial charge in [-0.25, -0.2) is 9.97 Å². The molecule has 5 heterocycles. The van der Waals surface area contributed by atoms with Crippen LogP contribution in [-0.4, -0.2) is 49.6 Å². The number of hydrogen-bond acceptors (Lipinski definition) is 6. The molecule has 11 heteroatoms. The van der Waals surface area contributed by atoms with E-state index < -0.39 is 18.0 Å². The second-order valence-corrected chi connectivity index (χ2v) is 15.7. The standard InChI is InChI=1S/C49H56N4O6.Fe/c1-9-34-31(6)39-25-45-49(46(55)18-12-17-30(5)16-11-15-29(4)14-10-13-28(2)3)33(8)40(52-45)24-44-37(27-54)36(20-22-48(58)59)43(53-44)26-42-35(19-21-47(56)57)32(7)38(51-42)23-41(34)50-39;/h1,13,15,17,23-27,46,55H,10-12,14,16,18-22H2,2-8H3,(H4,50,51,52,53,54,56,57,58,59);/q;+2/p-2/b29-15+,30-17-,38-23?,39-25?,40-24?,41-23?,42-26?,43-26?,44-24?,45-25?;/t46-;/m0./s1. The molecule has 0 amide bonds. The molecular weight excluding hydrogens is 796 g/mol. The van der Waals surface area contributed by atoms with Crippen LogP contribution in [-0.2, 0) is 33.1 Å². The van der Waals surface area contributed by atoms with Crippen molar-refractivity contribution in [1.29, 1.82) is 0 Å². The molecule has 0 aromatic carbocycles. The molecule has 1 atom stereocenters. The predicted octanol–water partition coefficient (Wildman–Crippen LogP) is 9.98. The summed E-state index contributed by atoms with van der Waals surface area (Å²) in [5.74, 6) is 0.781. The van der Waals surface area contributed by atoms with Crippen molar-refractivity contribution >= 4 is 62.6 Å². The number of aryl methyl sites for hydroxylation is 2. The molecule has 5 rings (SSSR count). The molecule has 3 N–H and O–H groups in total. The second kappa shape index (κ2) is 21.1. The van der Waals surface area contributed by atoms with Crippen LogP contribution in [0, 0.1) is 19.3 Å². The summed E-state index contributed by atoms with van der Waals surface area (Å²) in [5.41, 5.74) is 12.5. The van der Waals surface area contributed by atoms with E-state index in [1.165, 1.54) is 16.7 Å². The van der Waals surface area contributed by atoms with Crippen molar-refractivity contribution in [3.05, 3.63) is 104 Å². The minimum Gasteiger partial charge on any atom is -0.657 e. The molecule has 0 unspecified atom stereocenters. The summed E-state index contributed by atoms with van der Waals surface area (Å²) in [7, 11) is 0. The summed E-state index contributed by atoms with van der Waals surface area (Å²) in [6, 6.07) is 6.98. The number of allylic oxidation sites excluding steroid dienone is 9. The van der Waals surface area contributed by atoms with E-state index in [0.29, 0.717) is 91.8 Å². The Bertz CT molecular complexity index is 2530. The Labute approximate surface area is 363 Å². The van der Waals surface area contributed by atoms with Crippen LogP contribution in [0.2, 0.25) is 0 Å². The van der Waals surface area contributed by atoms with Gasteiger partial charge in [-0.15, -0.1) is 28.5 Å². The molecule has 0 fully saturated rings. The maximum Gasteiger partial charge on any atom is 2.00 e. The van der Waals surface area contributed by atoms with Gasteiger partial charge in [-0.3, -0.25) is 14.4 Å². The molecule has 3 aromatic heterocycles. The normalized spacial score (nSPS) is 13.5. The van der Waals surface area contributed by atoms with Gasteiger partial charge in [0.1, 0.15) is 6.29 Å². The number of carboxylic acids is 2. The average molecular weight is 851 g/mol. The number of aliphatic carboxylic acids is 2. The molecule has 8 bridgehead atoms. The number of aliphatic hydroxyl groups is 1. The predicted molar refractivity (Wildman–Crippen MR) is 235 cm³/mol. The van der Waals surface area contributed by atoms with E-state index in [1.54, 1.807) is 18.2 Å². The quantitative estimate of drug-likeness (QED) is 0.0515. The fraction of sp³-hybridized carbons (Fsp3) is 0.367.